The Morgan fingerprint density at radius 3 is 2.55 bits per heavy atom. The minimum atomic E-state index is 0.136. The largest absolute Gasteiger partial charge is 0.395 e. The van der Waals surface area contributed by atoms with Crippen LogP contribution in [-0.4, -0.2) is 30.2 Å². The molecule has 1 aliphatic rings. The lowest BCUT2D eigenvalue weighted by molar-refractivity contribution is 0.271. The Bertz CT molecular complexity index is 449. The van der Waals surface area contributed by atoms with E-state index in [2.05, 4.69) is 48.1 Å². The first-order chi connectivity index (χ1) is 9.78. The topological polar surface area (TPSA) is 23.5 Å². The third kappa shape index (κ3) is 5.00. The average Bonchev–Trinajstić information content (AvgIpc) is 2.94. The quantitative estimate of drug-likeness (QED) is 0.832. The van der Waals surface area contributed by atoms with Crippen molar-refractivity contribution in [3.05, 3.63) is 35.4 Å². The highest BCUT2D eigenvalue weighted by Crippen LogP contribution is 2.25. The third-order valence-corrected chi connectivity index (χ3v) is 3.92. The SMILES string of the molecule is CN(Cc1ccc(C#CCCO)cc1)CC1CCCC1. The van der Waals surface area contributed by atoms with Gasteiger partial charge in [-0.15, -0.1) is 0 Å². The van der Waals surface area contributed by atoms with Gasteiger partial charge in [-0.3, -0.25) is 0 Å². The van der Waals surface area contributed by atoms with Crippen molar-refractivity contribution in [2.24, 2.45) is 5.92 Å². The zero-order valence-electron chi connectivity index (χ0n) is 12.4. The highest BCUT2D eigenvalue weighted by atomic mass is 16.2. The molecule has 20 heavy (non-hydrogen) atoms. The summed E-state index contributed by atoms with van der Waals surface area (Å²) in [6.07, 6.45) is 6.19. The molecule has 1 aromatic carbocycles. The molecule has 1 aliphatic carbocycles. The van der Waals surface area contributed by atoms with Gasteiger partial charge in [0.2, 0.25) is 0 Å². The molecule has 1 fully saturated rings. The summed E-state index contributed by atoms with van der Waals surface area (Å²) in [5.41, 5.74) is 2.37. The molecule has 0 atom stereocenters. The van der Waals surface area contributed by atoms with Crippen LogP contribution in [0.2, 0.25) is 0 Å². The fraction of sp³-hybridized carbons (Fsp3) is 0.556. The number of aliphatic hydroxyl groups is 1. The van der Waals surface area contributed by atoms with Gasteiger partial charge in [-0.1, -0.05) is 36.8 Å². The van der Waals surface area contributed by atoms with Crippen LogP contribution in [0.25, 0.3) is 0 Å². The van der Waals surface area contributed by atoms with Crippen LogP contribution in [-0.2, 0) is 6.54 Å². The van der Waals surface area contributed by atoms with Gasteiger partial charge in [0.05, 0.1) is 6.61 Å². The van der Waals surface area contributed by atoms with Gasteiger partial charge in [0.25, 0.3) is 0 Å². The molecule has 1 saturated carbocycles. The van der Waals surface area contributed by atoms with Crippen LogP contribution in [0.5, 0.6) is 0 Å². The molecule has 1 aromatic rings. The van der Waals surface area contributed by atoms with Gasteiger partial charge in [-0.2, -0.15) is 0 Å². The minimum absolute atomic E-state index is 0.136. The minimum Gasteiger partial charge on any atom is -0.395 e. The Morgan fingerprint density at radius 1 is 1.20 bits per heavy atom. The number of rotatable bonds is 5. The van der Waals surface area contributed by atoms with E-state index in [1.807, 2.05) is 0 Å². The molecular formula is C18H25NO. The first-order valence-electron chi connectivity index (χ1n) is 7.65. The lowest BCUT2D eigenvalue weighted by atomic mass is 10.1. The Labute approximate surface area is 122 Å². The summed E-state index contributed by atoms with van der Waals surface area (Å²) in [4.78, 5) is 2.43. The second-order valence-electron chi connectivity index (χ2n) is 5.82. The Kier molecular flexibility index (Phi) is 6.11. The van der Waals surface area contributed by atoms with Gasteiger partial charge in [-0.05, 0) is 43.5 Å². The van der Waals surface area contributed by atoms with E-state index in [-0.39, 0.29) is 6.61 Å². The Morgan fingerprint density at radius 2 is 1.90 bits per heavy atom. The van der Waals surface area contributed by atoms with Gasteiger partial charge in [0.1, 0.15) is 0 Å². The molecule has 0 heterocycles. The summed E-state index contributed by atoms with van der Waals surface area (Å²) < 4.78 is 0. The monoisotopic (exact) mass is 271 g/mol. The second kappa shape index (κ2) is 8.09. The Hall–Kier alpha value is -1.30. The van der Waals surface area contributed by atoms with Gasteiger partial charge in [-0.25, -0.2) is 0 Å². The number of aliphatic hydroxyl groups excluding tert-OH is 1. The molecule has 2 rings (SSSR count). The predicted octanol–water partition coefficient (Wildman–Crippen LogP) is 3.04. The summed E-state index contributed by atoms with van der Waals surface area (Å²) >= 11 is 0. The summed E-state index contributed by atoms with van der Waals surface area (Å²) in [6.45, 7) is 2.37. The van der Waals surface area contributed by atoms with Crippen molar-refractivity contribution in [3.8, 4) is 11.8 Å². The number of hydrogen-bond acceptors (Lipinski definition) is 2. The summed E-state index contributed by atoms with van der Waals surface area (Å²) in [5, 5.41) is 8.70. The highest BCUT2D eigenvalue weighted by Gasteiger charge is 2.16. The van der Waals surface area contributed by atoms with Crippen LogP contribution in [0.1, 0.15) is 43.2 Å². The van der Waals surface area contributed by atoms with E-state index in [9.17, 15) is 0 Å². The highest BCUT2D eigenvalue weighted by molar-refractivity contribution is 5.36. The molecule has 0 saturated heterocycles. The van der Waals surface area contributed by atoms with Crippen LogP contribution in [0.4, 0.5) is 0 Å². The normalized spacial score (nSPS) is 15.3. The number of hydrogen-bond donors (Lipinski definition) is 1. The first kappa shape index (κ1) is 15.1. The molecule has 2 nitrogen and oxygen atoms in total. The average molecular weight is 271 g/mol. The van der Waals surface area contributed by atoms with Crippen molar-refractivity contribution in [1.82, 2.24) is 4.90 Å². The molecular weight excluding hydrogens is 246 g/mol. The maximum Gasteiger partial charge on any atom is 0.0540 e. The smallest absolute Gasteiger partial charge is 0.0540 e. The third-order valence-electron chi connectivity index (χ3n) is 3.92. The van der Waals surface area contributed by atoms with E-state index >= 15 is 0 Å². The molecule has 0 amide bonds. The summed E-state index contributed by atoms with van der Waals surface area (Å²) in [6, 6.07) is 8.47. The predicted molar refractivity (Wildman–Crippen MR) is 83.3 cm³/mol. The van der Waals surface area contributed by atoms with E-state index in [0.29, 0.717) is 6.42 Å². The van der Waals surface area contributed by atoms with E-state index in [1.165, 1.54) is 37.8 Å². The molecule has 2 heteroatoms. The molecule has 0 aromatic heterocycles. The van der Waals surface area contributed by atoms with Gasteiger partial charge < -0.3 is 10.0 Å². The molecule has 0 unspecified atom stereocenters. The second-order valence-corrected chi connectivity index (χ2v) is 5.82. The lowest BCUT2D eigenvalue weighted by Crippen LogP contribution is -2.24. The molecule has 108 valence electrons. The maximum atomic E-state index is 8.70. The fourth-order valence-corrected chi connectivity index (χ4v) is 2.92. The van der Waals surface area contributed by atoms with Crippen molar-refractivity contribution < 1.29 is 5.11 Å². The summed E-state index contributed by atoms with van der Waals surface area (Å²) in [7, 11) is 2.22. The van der Waals surface area contributed by atoms with Gasteiger partial charge >= 0.3 is 0 Å². The van der Waals surface area contributed by atoms with Crippen molar-refractivity contribution in [2.75, 3.05) is 20.2 Å². The van der Waals surface area contributed by atoms with E-state index < -0.39 is 0 Å². The van der Waals surface area contributed by atoms with Crippen molar-refractivity contribution >= 4 is 0 Å². The van der Waals surface area contributed by atoms with E-state index in [1.54, 1.807) is 0 Å². The van der Waals surface area contributed by atoms with Crippen LogP contribution in [0.15, 0.2) is 24.3 Å². The van der Waals surface area contributed by atoms with Crippen LogP contribution in [0, 0.1) is 17.8 Å². The van der Waals surface area contributed by atoms with Crippen molar-refractivity contribution in [1.29, 1.82) is 0 Å². The lowest BCUT2D eigenvalue weighted by Gasteiger charge is -2.20. The number of benzene rings is 1. The molecule has 0 aliphatic heterocycles. The maximum absolute atomic E-state index is 8.70. The molecule has 0 spiro atoms. The van der Waals surface area contributed by atoms with Gasteiger partial charge in [0, 0.05) is 25.1 Å². The first-order valence-corrected chi connectivity index (χ1v) is 7.65. The molecule has 0 radical (unpaired) electrons. The molecule has 0 bridgehead atoms. The van der Waals surface area contributed by atoms with Gasteiger partial charge in [0.15, 0.2) is 0 Å². The number of nitrogens with zero attached hydrogens (tertiary/aromatic N) is 1. The van der Waals surface area contributed by atoms with E-state index in [0.717, 1.165) is 18.0 Å². The summed E-state index contributed by atoms with van der Waals surface area (Å²) in [5.74, 6) is 6.92. The zero-order valence-corrected chi connectivity index (χ0v) is 12.4. The fourth-order valence-electron chi connectivity index (χ4n) is 2.92. The molecule has 1 N–H and O–H groups in total. The Balaban J connectivity index is 1.82. The standard InChI is InChI=1S/C18H25NO/c1-19(14-17-7-2-3-8-17)15-18-11-9-16(10-12-18)6-4-5-13-20/h9-12,17,20H,2-3,5,7-8,13-15H2,1H3. The van der Waals surface area contributed by atoms with E-state index in [4.69, 9.17) is 5.11 Å². The van der Waals surface area contributed by atoms with Crippen molar-refractivity contribution in [3.63, 3.8) is 0 Å². The van der Waals surface area contributed by atoms with Crippen LogP contribution >= 0.6 is 0 Å². The van der Waals surface area contributed by atoms with Crippen molar-refractivity contribution in [2.45, 2.75) is 38.6 Å². The van der Waals surface area contributed by atoms with Crippen LogP contribution < -0.4 is 0 Å². The zero-order chi connectivity index (χ0) is 14.2. The van der Waals surface area contributed by atoms with Crippen LogP contribution in [0.3, 0.4) is 0 Å².